The van der Waals surface area contributed by atoms with Gasteiger partial charge < -0.3 is 0 Å². The molecule has 1 aromatic rings. The predicted molar refractivity (Wildman–Crippen MR) is 58.9 cm³/mol. The second kappa shape index (κ2) is 4.14. The third-order valence-corrected chi connectivity index (χ3v) is 3.87. The lowest BCUT2D eigenvalue weighted by Gasteiger charge is -2.14. The minimum Gasteiger partial charge on any atom is -0.296 e. The molecule has 0 fully saturated rings. The summed E-state index contributed by atoms with van der Waals surface area (Å²) in [5.41, 5.74) is 0.433. The molecule has 0 aliphatic heterocycles. The zero-order chi connectivity index (χ0) is 10.8. The average molecular weight is 234 g/mol. The summed E-state index contributed by atoms with van der Waals surface area (Å²) in [6.45, 7) is 3.43. The smallest absolute Gasteiger partial charge is 0.129 e. The van der Waals surface area contributed by atoms with Gasteiger partial charge in [-0.3, -0.25) is 9.71 Å². The number of pyridine rings is 1. The Morgan fingerprint density at radius 3 is 2.79 bits per heavy atom. The molecule has 1 unspecified atom stereocenters. The van der Waals surface area contributed by atoms with E-state index in [9.17, 15) is 4.21 Å². The van der Waals surface area contributed by atoms with Crippen molar-refractivity contribution in [1.29, 1.82) is 4.78 Å². The molecule has 0 radical (unpaired) electrons. The van der Waals surface area contributed by atoms with Gasteiger partial charge in [-0.1, -0.05) is 11.6 Å². The Bertz CT molecular complexity index is 416. The van der Waals surface area contributed by atoms with Crippen molar-refractivity contribution in [3.8, 4) is 0 Å². The summed E-state index contributed by atoms with van der Waals surface area (Å²) in [4.78, 5) is 3.83. The Morgan fingerprint density at radius 2 is 2.29 bits per heavy atom. The molecule has 0 aromatic carbocycles. The van der Waals surface area contributed by atoms with Crippen LogP contribution in [0, 0.1) is 4.78 Å². The van der Waals surface area contributed by atoms with Gasteiger partial charge in [-0.2, -0.15) is 0 Å². The Morgan fingerprint density at radius 1 is 1.64 bits per heavy atom. The fourth-order valence-corrected chi connectivity index (χ4v) is 1.67. The second-order valence-corrected chi connectivity index (χ2v) is 5.86. The number of hydrogen-bond acceptors (Lipinski definition) is 3. The van der Waals surface area contributed by atoms with Crippen molar-refractivity contribution in [2.24, 2.45) is 0 Å². The van der Waals surface area contributed by atoms with Crippen LogP contribution in [0.15, 0.2) is 18.5 Å². The molecule has 6 heteroatoms. The van der Waals surface area contributed by atoms with Gasteiger partial charge >= 0.3 is 0 Å². The maximum Gasteiger partial charge on any atom is 0.129 e. The Hall–Kier alpha value is -0.810. The third kappa shape index (κ3) is 2.59. The van der Waals surface area contributed by atoms with E-state index in [4.69, 9.17) is 16.4 Å². The van der Waals surface area contributed by atoms with Crippen LogP contribution in [0.25, 0.3) is 0 Å². The largest absolute Gasteiger partial charge is 0.296 e. The molecule has 1 rings (SSSR count). The van der Waals surface area contributed by atoms with Gasteiger partial charge in [0, 0.05) is 6.20 Å². The first kappa shape index (κ1) is 11.3. The number of hydrogen-bond donors (Lipinski definition) is 2. The standard InChI is InChI=1S/C8H12ClN3OS/c1-6(2)14(10,13)12-8-5-11-4-3-7(8)9/h3-6H,1-2H3,(H2,10,12,13). The number of rotatable bonds is 3. The van der Waals surface area contributed by atoms with Crippen LogP contribution < -0.4 is 4.72 Å². The minimum absolute atomic E-state index is 0.279. The Kier molecular flexibility index (Phi) is 3.34. The molecule has 0 saturated carbocycles. The van der Waals surface area contributed by atoms with Crippen LogP contribution in [0.4, 0.5) is 5.69 Å². The van der Waals surface area contributed by atoms with E-state index in [1.54, 1.807) is 19.9 Å². The van der Waals surface area contributed by atoms with Crippen molar-refractivity contribution in [3.05, 3.63) is 23.5 Å². The van der Waals surface area contributed by atoms with E-state index in [-0.39, 0.29) is 5.25 Å². The molecule has 0 aliphatic rings. The summed E-state index contributed by atoms with van der Waals surface area (Å²) < 4.78 is 21.8. The summed E-state index contributed by atoms with van der Waals surface area (Å²) in [6.07, 6.45) is 2.99. The molecule has 2 N–H and O–H groups in total. The van der Waals surface area contributed by atoms with Crippen molar-refractivity contribution in [1.82, 2.24) is 4.98 Å². The van der Waals surface area contributed by atoms with E-state index >= 15 is 0 Å². The Labute approximate surface area is 88.8 Å². The molecule has 0 bridgehead atoms. The van der Waals surface area contributed by atoms with E-state index in [1.165, 1.54) is 12.4 Å². The number of halogens is 1. The molecule has 0 spiro atoms. The lowest BCUT2D eigenvalue weighted by atomic mass is 10.4. The van der Waals surface area contributed by atoms with Crippen molar-refractivity contribution in [2.75, 3.05) is 4.72 Å². The van der Waals surface area contributed by atoms with Crippen LogP contribution >= 0.6 is 11.6 Å². The summed E-state index contributed by atoms with van der Waals surface area (Å²) in [5.74, 6) is 0. The zero-order valence-electron chi connectivity index (χ0n) is 7.95. The van der Waals surface area contributed by atoms with Crippen LogP contribution in [0.1, 0.15) is 13.8 Å². The van der Waals surface area contributed by atoms with Crippen LogP contribution in [-0.4, -0.2) is 14.4 Å². The van der Waals surface area contributed by atoms with E-state index in [0.29, 0.717) is 10.7 Å². The summed E-state index contributed by atoms with van der Waals surface area (Å²) >= 11 is 5.82. The van der Waals surface area contributed by atoms with E-state index in [2.05, 4.69) is 9.71 Å². The van der Waals surface area contributed by atoms with Gasteiger partial charge in [0.05, 0.1) is 22.2 Å². The monoisotopic (exact) mass is 233 g/mol. The number of nitrogens with zero attached hydrogens (tertiary/aromatic N) is 1. The number of nitrogens with one attached hydrogen (secondary N) is 2. The van der Waals surface area contributed by atoms with Gasteiger partial charge in [0.1, 0.15) is 9.92 Å². The molecule has 0 saturated heterocycles. The molecule has 4 nitrogen and oxygen atoms in total. The molecule has 1 heterocycles. The van der Waals surface area contributed by atoms with Crippen LogP contribution in [0.5, 0.6) is 0 Å². The zero-order valence-corrected chi connectivity index (χ0v) is 9.52. The van der Waals surface area contributed by atoms with Gasteiger partial charge in [0.15, 0.2) is 0 Å². The molecule has 78 valence electrons. The van der Waals surface area contributed by atoms with Crippen molar-refractivity contribution in [2.45, 2.75) is 19.1 Å². The maximum atomic E-state index is 11.7. The van der Waals surface area contributed by atoms with Crippen LogP contribution in [0.3, 0.4) is 0 Å². The van der Waals surface area contributed by atoms with Gasteiger partial charge in [0.25, 0.3) is 0 Å². The van der Waals surface area contributed by atoms with Crippen molar-refractivity contribution >= 4 is 27.2 Å². The average Bonchev–Trinajstić information content (AvgIpc) is 2.08. The highest BCUT2D eigenvalue weighted by Crippen LogP contribution is 2.21. The van der Waals surface area contributed by atoms with Gasteiger partial charge in [-0.25, -0.2) is 8.99 Å². The van der Waals surface area contributed by atoms with E-state index in [0.717, 1.165) is 0 Å². The first-order chi connectivity index (χ1) is 6.43. The topological polar surface area (TPSA) is 65.8 Å². The second-order valence-electron chi connectivity index (χ2n) is 3.11. The van der Waals surface area contributed by atoms with E-state index < -0.39 is 9.92 Å². The Balaban J connectivity index is 2.96. The SMILES string of the molecule is CC(C)S(=N)(=O)Nc1cnccc1Cl. The predicted octanol–water partition coefficient (Wildman–Crippen LogP) is 2.52. The normalized spacial score (nSPS) is 15.1. The molecule has 14 heavy (non-hydrogen) atoms. The molecule has 0 amide bonds. The molecular formula is C8H12ClN3OS. The lowest BCUT2D eigenvalue weighted by Crippen LogP contribution is -2.21. The van der Waals surface area contributed by atoms with Gasteiger partial charge in [-0.05, 0) is 19.9 Å². The first-order valence-electron chi connectivity index (χ1n) is 4.08. The molecule has 0 aliphatic carbocycles. The van der Waals surface area contributed by atoms with E-state index in [1.807, 2.05) is 0 Å². The fourth-order valence-electron chi connectivity index (χ4n) is 0.734. The lowest BCUT2D eigenvalue weighted by molar-refractivity contribution is 0.671. The summed E-state index contributed by atoms with van der Waals surface area (Å²) in [6, 6.07) is 1.58. The third-order valence-electron chi connectivity index (χ3n) is 1.69. The van der Waals surface area contributed by atoms with Gasteiger partial charge in [0.2, 0.25) is 0 Å². The van der Waals surface area contributed by atoms with Crippen molar-refractivity contribution in [3.63, 3.8) is 0 Å². The fraction of sp³-hybridized carbons (Fsp3) is 0.375. The highest BCUT2D eigenvalue weighted by atomic mass is 35.5. The van der Waals surface area contributed by atoms with Crippen LogP contribution in [0.2, 0.25) is 5.02 Å². The first-order valence-corrected chi connectivity index (χ1v) is 6.08. The highest BCUT2D eigenvalue weighted by Gasteiger charge is 2.12. The maximum absolute atomic E-state index is 11.7. The van der Waals surface area contributed by atoms with Crippen molar-refractivity contribution < 1.29 is 4.21 Å². The number of anilines is 1. The molecular weight excluding hydrogens is 222 g/mol. The van der Waals surface area contributed by atoms with Gasteiger partial charge in [-0.15, -0.1) is 0 Å². The number of aromatic nitrogens is 1. The minimum atomic E-state index is -2.85. The summed E-state index contributed by atoms with van der Waals surface area (Å²) in [5, 5.41) is 0.138. The molecule has 1 aromatic heterocycles. The highest BCUT2D eigenvalue weighted by molar-refractivity contribution is 7.94. The van der Waals surface area contributed by atoms with Crippen LogP contribution in [-0.2, 0) is 9.92 Å². The summed E-state index contributed by atoms with van der Waals surface area (Å²) in [7, 11) is -2.85. The quantitative estimate of drug-likeness (QED) is 0.843. The molecule has 1 atom stereocenters.